The molecule has 3 aliphatic rings. The summed E-state index contributed by atoms with van der Waals surface area (Å²) in [7, 11) is 2.15. The van der Waals surface area contributed by atoms with Crippen molar-refractivity contribution in [2.45, 2.75) is 31.7 Å². The number of carbonyl (C=O) groups excluding carboxylic acids is 1. The third-order valence-corrected chi connectivity index (χ3v) is 6.25. The number of piperazine rings is 1. The number of nitrogens with zero attached hydrogens (tertiary/aromatic N) is 6. The molecule has 0 spiro atoms. The molecule has 2 aromatic rings. The van der Waals surface area contributed by atoms with E-state index in [0.717, 1.165) is 50.5 Å². The zero-order valence-electron chi connectivity index (χ0n) is 17.3. The Morgan fingerprint density at radius 3 is 2.60 bits per heavy atom. The molecule has 158 valence electrons. The van der Waals surface area contributed by atoms with Crippen LogP contribution in [0.3, 0.4) is 0 Å². The van der Waals surface area contributed by atoms with E-state index in [2.05, 4.69) is 48.4 Å². The third kappa shape index (κ3) is 3.89. The first-order chi connectivity index (χ1) is 14.7. The molecule has 4 heterocycles. The number of rotatable bonds is 4. The van der Waals surface area contributed by atoms with Gasteiger partial charge in [-0.3, -0.25) is 4.79 Å². The van der Waals surface area contributed by atoms with Gasteiger partial charge in [-0.1, -0.05) is 12.8 Å². The molecule has 0 bridgehead atoms. The molecule has 0 radical (unpaired) electrons. The van der Waals surface area contributed by atoms with Crippen molar-refractivity contribution in [3.05, 3.63) is 24.5 Å². The van der Waals surface area contributed by atoms with Crippen LogP contribution in [0.4, 0.5) is 29.0 Å². The highest BCUT2D eigenvalue weighted by atomic mass is 16.2. The molecule has 30 heavy (non-hydrogen) atoms. The number of hydrogen-bond donors (Lipinski definition) is 2. The number of fused-ring (bicyclic) bond motifs is 1. The van der Waals surface area contributed by atoms with Crippen molar-refractivity contribution in [2.75, 3.05) is 60.2 Å². The van der Waals surface area contributed by atoms with Gasteiger partial charge in [0.1, 0.15) is 11.5 Å². The van der Waals surface area contributed by atoms with Crippen LogP contribution in [-0.2, 0) is 4.79 Å². The van der Waals surface area contributed by atoms with Gasteiger partial charge in [0.15, 0.2) is 5.82 Å². The van der Waals surface area contributed by atoms with Gasteiger partial charge < -0.3 is 25.3 Å². The lowest BCUT2D eigenvalue weighted by Gasteiger charge is -2.34. The number of hydrogen-bond acceptors (Lipinski definition) is 8. The largest absolute Gasteiger partial charge is 0.368 e. The normalized spacial score (nSPS) is 20.2. The Hall–Kier alpha value is -2.94. The fraction of sp³-hybridized carbons (Fsp3) is 0.524. The number of likely N-dealkylation sites (N-methyl/N-ethyl adjacent to an activating group) is 1. The fourth-order valence-corrected chi connectivity index (χ4v) is 4.50. The van der Waals surface area contributed by atoms with Crippen molar-refractivity contribution < 1.29 is 4.79 Å². The van der Waals surface area contributed by atoms with Gasteiger partial charge in [-0.15, -0.1) is 0 Å². The SMILES string of the molecule is CN1CCN(c2ccc(Nc3ncc4c(n3)N(C3CCCC3)CC(=O)N4)nc2)CC1. The summed E-state index contributed by atoms with van der Waals surface area (Å²) >= 11 is 0. The van der Waals surface area contributed by atoms with Gasteiger partial charge >= 0.3 is 0 Å². The van der Waals surface area contributed by atoms with Crippen LogP contribution in [-0.4, -0.2) is 71.6 Å². The monoisotopic (exact) mass is 408 g/mol. The molecular formula is C21H28N8O. The number of amides is 1. The molecule has 0 unspecified atom stereocenters. The second-order valence-electron chi connectivity index (χ2n) is 8.36. The summed E-state index contributed by atoms with van der Waals surface area (Å²) in [5, 5.41) is 6.11. The molecule has 1 saturated heterocycles. The minimum absolute atomic E-state index is 0.000119. The van der Waals surface area contributed by atoms with Crippen molar-refractivity contribution in [3.8, 4) is 0 Å². The number of carbonyl (C=O) groups is 1. The summed E-state index contributed by atoms with van der Waals surface area (Å²) in [6, 6.07) is 4.43. The lowest BCUT2D eigenvalue weighted by molar-refractivity contribution is -0.115. The Morgan fingerprint density at radius 1 is 1.07 bits per heavy atom. The number of anilines is 5. The molecule has 2 N–H and O–H groups in total. The van der Waals surface area contributed by atoms with E-state index in [-0.39, 0.29) is 5.91 Å². The molecular weight excluding hydrogens is 380 g/mol. The second kappa shape index (κ2) is 8.06. The zero-order valence-corrected chi connectivity index (χ0v) is 17.3. The topological polar surface area (TPSA) is 89.5 Å². The van der Waals surface area contributed by atoms with E-state index in [1.54, 1.807) is 6.20 Å². The number of nitrogens with one attached hydrogen (secondary N) is 2. The molecule has 2 fully saturated rings. The molecule has 9 heteroatoms. The van der Waals surface area contributed by atoms with Gasteiger partial charge in [0.2, 0.25) is 11.9 Å². The van der Waals surface area contributed by atoms with Crippen molar-refractivity contribution in [3.63, 3.8) is 0 Å². The smallest absolute Gasteiger partial charge is 0.244 e. The maximum absolute atomic E-state index is 12.1. The summed E-state index contributed by atoms with van der Waals surface area (Å²) in [5.74, 6) is 2.00. The van der Waals surface area contributed by atoms with E-state index in [9.17, 15) is 4.79 Å². The Labute approximate surface area is 176 Å². The molecule has 0 aromatic carbocycles. The Kier molecular flexibility index (Phi) is 5.12. The van der Waals surface area contributed by atoms with E-state index in [4.69, 9.17) is 4.98 Å². The number of aromatic nitrogens is 3. The summed E-state index contributed by atoms with van der Waals surface area (Å²) in [6.07, 6.45) is 8.21. The van der Waals surface area contributed by atoms with Gasteiger partial charge in [0, 0.05) is 32.2 Å². The highest BCUT2D eigenvalue weighted by Crippen LogP contribution is 2.34. The van der Waals surface area contributed by atoms with E-state index < -0.39 is 0 Å². The quantitative estimate of drug-likeness (QED) is 0.795. The Morgan fingerprint density at radius 2 is 1.87 bits per heavy atom. The number of pyridine rings is 1. The van der Waals surface area contributed by atoms with Crippen LogP contribution in [0, 0.1) is 0 Å². The molecule has 1 amide bonds. The van der Waals surface area contributed by atoms with Crippen molar-refractivity contribution in [1.29, 1.82) is 0 Å². The third-order valence-electron chi connectivity index (χ3n) is 6.25. The first-order valence-corrected chi connectivity index (χ1v) is 10.8. The lowest BCUT2D eigenvalue weighted by Crippen LogP contribution is -2.44. The first kappa shape index (κ1) is 19.0. The van der Waals surface area contributed by atoms with E-state index >= 15 is 0 Å². The maximum atomic E-state index is 12.1. The lowest BCUT2D eigenvalue weighted by atomic mass is 10.2. The van der Waals surface area contributed by atoms with Crippen LogP contribution in [0.5, 0.6) is 0 Å². The van der Waals surface area contributed by atoms with Crippen molar-refractivity contribution >= 4 is 34.9 Å². The Balaban J connectivity index is 1.32. The van der Waals surface area contributed by atoms with Gasteiger partial charge in [0.25, 0.3) is 0 Å². The van der Waals surface area contributed by atoms with E-state index in [1.165, 1.54) is 12.8 Å². The summed E-state index contributed by atoms with van der Waals surface area (Å²) < 4.78 is 0. The van der Waals surface area contributed by atoms with Gasteiger partial charge in [-0.25, -0.2) is 9.97 Å². The van der Waals surface area contributed by atoms with Crippen LogP contribution in [0.1, 0.15) is 25.7 Å². The first-order valence-electron chi connectivity index (χ1n) is 10.8. The van der Waals surface area contributed by atoms with Crippen LogP contribution in [0.25, 0.3) is 0 Å². The Bertz CT molecular complexity index is 904. The summed E-state index contributed by atoms with van der Waals surface area (Å²) in [4.78, 5) is 32.6. The summed E-state index contributed by atoms with van der Waals surface area (Å²) in [6.45, 7) is 4.52. The van der Waals surface area contributed by atoms with Crippen LogP contribution >= 0.6 is 0 Å². The highest BCUT2D eigenvalue weighted by molar-refractivity contribution is 6.00. The van der Waals surface area contributed by atoms with E-state index in [0.29, 0.717) is 30.0 Å². The average Bonchev–Trinajstić information content (AvgIpc) is 3.29. The second-order valence-corrected chi connectivity index (χ2v) is 8.36. The van der Waals surface area contributed by atoms with Gasteiger partial charge in [0.05, 0.1) is 24.6 Å². The maximum Gasteiger partial charge on any atom is 0.244 e. The predicted octanol–water partition coefficient (Wildman–Crippen LogP) is 2.07. The van der Waals surface area contributed by atoms with Crippen molar-refractivity contribution in [1.82, 2.24) is 19.9 Å². The van der Waals surface area contributed by atoms with Gasteiger partial charge in [-0.2, -0.15) is 4.98 Å². The molecule has 1 aliphatic carbocycles. The summed E-state index contributed by atoms with van der Waals surface area (Å²) in [5.41, 5.74) is 1.82. The van der Waals surface area contributed by atoms with Crippen LogP contribution < -0.4 is 20.4 Å². The fourth-order valence-electron chi connectivity index (χ4n) is 4.50. The highest BCUT2D eigenvalue weighted by Gasteiger charge is 2.31. The molecule has 1 saturated carbocycles. The van der Waals surface area contributed by atoms with Crippen LogP contribution in [0.2, 0.25) is 0 Å². The van der Waals surface area contributed by atoms with Crippen molar-refractivity contribution in [2.24, 2.45) is 0 Å². The predicted molar refractivity (Wildman–Crippen MR) is 117 cm³/mol. The minimum atomic E-state index is -0.000119. The molecule has 5 rings (SSSR count). The van der Waals surface area contributed by atoms with Gasteiger partial charge in [-0.05, 0) is 32.0 Å². The minimum Gasteiger partial charge on any atom is -0.368 e. The molecule has 2 aliphatic heterocycles. The molecule has 9 nitrogen and oxygen atoms in total. The van der Waals surface area contributed by atoms with Crippen LogP contribution in [0.15, 0.2) is 24.5 Å². The standard InChI is InChI=1S/C21H28N8O/c1-27-8-10-28(11-9-27)16-6-7-18(22-12-16)25-21-23-13-17-20(26-21)29(14-19(30)24-17)15-4-2-3-5-15/h6-7,12-13,15H,2-5,8-11,14H2,1H3,(H,24,30)(H,22,23,25,26). The average molecular weight is 409 g/mol. The molecule has 0 atom stereocenters. The van der Waals surface area contributed by atoms with E-state index in [1.807, 2.05) is 12.3 Å². The zero-order chi connectivity index (χ0) is 20.5. The molecule has 2 aromatic heterocycles.